The van der Waals surface area contributed by atoms with Crippen molar-refractivity contribution < 1.29 is 4.79 Å². The summed E-state index contributed by atoms with van der Waals surface area (Å²) in [6.45, 7) is 2.50. The van der Waals surface area contributed by atoms with Gasteiger partial charge < -0.3 is 21.3 Å². The molecule has 2 aromatic rings. The first-order valence-corrected chi connectivity index (χ1v) is 14.8. The quantitative estimate of drug-likeness (QED) is 0.353. The van der Waals surface area contributed by atoms with Crippen LogP contribution < -0.4 is 21.3 Å². The number of aromatic nitrogens is 4. The van der Waals surface area contributed by atoms with Crippen molar-refractivity contribution in [2.24, 2.45) is 5.41 Å². The van der Waals surface area contributed by atoms with Crippen molar-refractivity contribution in [2.75, 3.05) is 23.7 Å². The first-order chi connectivity index (χ1) is 18.6. The van der Waals surface area contributed by atoms with Crippen LogP contribution in [-0.4, -0.2) is 68.4 Å². The minimum absolute atomic E-state index is 0.0104. The van der Waals surface area contributed by atoms with Crippen LogP contribution in [0.4, 0.5) is 22.4 Å². The van der Waals surface area contributed by atoms with Crippen LogP contribution in [0.3, 0.4) is 0 Å². The van der Waals surface area contributed by atoms with Crippen molar-refractivity contribution in [3.63, 3.8) is 0 Å². The van der Waals surface area contributed by atoms with Crippen molar-refractivity contribution in [2.45, 2.75) is 107 Å². The number of nitrogens with zero attached hydrogens (tertiary/aromatic N) is 4. The molecule has 0 bridgehead atoms. The van der Waals surface area contributed by atoms with Gasteiger partial charge in [-0.3, -0.25) is 10.00 Å². The van der Waals surface area contributed by atoms with E-state index in [1.807, 2.05) is 6.07 Å². The van der Waals surface area contributed by atoms with E-state index in [-0.39, 0.29) is 12.1 Å². The van der Waals surface area contributed by atoms with Gasteiger partial charge in [-0.05, 0) is 75.7 Å². The number of hydrogen-bond donors (Lipinski definition) is 5. The predicted octanol–water partition coefficient (Wildman–Crippen LogP) is 4.25. The first kappa shape index (κ1) is 24.2. The van der Waals surface area contributed by atoms with Gasteiger partial charge in [0.1, 0.15) is 5.82 Å². The number of carbonyl (C=O) groups excluding carboxylic acids is 1. The van der Waals surface area contributed by atoms with Gasteiger partial charge in [-0.1, -0.05) is 12.8 Å². The molecule has 4 saturated carbocycles. The Bertz CT molecular complexity index is 1120. The second-order valence-electron chi connectivity index (χ2n) is 12.6. The molecule has 204 valence electrons. The number of carbonyl (C=O) groups is 1. The van der Waals surface area contributed by atoms with Crippen LogP contribution in [0.15, 0.2) is 18.3 Å². The molecule has 3 heterocycles. The number of aromatic amines is 1. The summed E-state index contributed by atoms with van der Waals surface area (Å²) in [6, 6.07) is 5.76. The Balaban J connectivity index is 0.824. The molecule has 2 aromatic heterocycles. The Hall–Kier alpha value is -2.88. The predicted molar refractivity (Wildman–Crippen MR) is 146 cm³/mol. The minimum Gasteiger partial charge on any atom is -0.351 e. The van der Waals surface area contributed by atoms with Gasteiger partial charge in [-0.25, -0.2) is 9.78 Å². The molecule has 5 fully saturated rings. The van der Waals surface area contributed by atoms with E-state index in [0.29, 0.717) is 29.4 Å². The third-order valence-electron chi connectivity index (χ3n) is 9.53. The third-order valence-corrected chi connectivity index (χ3v) is 9.53. The van der Waals surface area contributed by atoms with Crippen LogP contribution in [0.2, 0.25) is 0 Å². The van der Waals surface area contributed by atoms with Gasteiger partial charge in [-0.15, -0.1) is 0 Å². The molecular weight excluding hydrogens is 478 g/mol. The molecule has 2 amide bonds. The molecule has 5 N–H and O–H groups in total. The fraction of sp³-hybridized carbons (Fsp3) is 0.714. The lowest BCUT2D eigenvalue weighted by Gasteiger charge is -2.59. The summed E-state index contributed by atoms with van der Waals surface area (Å²) in [6.07, 6.45) is 15.8. The number of H-pyrrole nitrogens is 1. The average molecular weight is 520 g/mol. The largest absolute Gasteiger partial charge is 0.351 e. The Kier molecular flexibility index (Phi) is 6.38. The maximum Gasteiger partial charge on any atom is 0.315 e. The molecular formula is C28H41N9O. The molecule has 10 heteroatoms. The van der Waals surface area contributed by atoms with Gasteiger partial charge in [0.15, 0.2) is 5.82 Å². The highest BCUT2D eigenvalue weighted by Gasteiger charge is 2.55. The van der Waals surface area contributed by atoms with Crippen LogP contribution >= 0.6 is 0 Å². The highest BCUT2D eigenvalue weighted by Crippen LogP contribution is 2.51. The summed E-state index contributed by atoms with van der Waals surface area (Å²) in [5.74, 6) is 2.77. The zero-order chi connectivity index (χ0) is 25.5. The van der Waals surface area contributed by atoms with Crippen LogP contribution in [0.1, 0.15) is 88.7 Å². The van der Waals surface area contributed by atoms with Crippen LogP contribution in [0.25, 0.3) is 0 Å². The topological polar surface area (TPSA) is 123 Å². The molecule has 1 aliphatic heterocycles. The van der Waals surface area contributed by atoms with Crippen LogP contribution in [0, 0.1) is 5.41 Å². The second kappa shape index (κ2) is 10.0. The van der Waals surface area contributed by atoms with Gasteiger partial charge in [0.05, 0.1) is 0 Å². The monoisotopic (exact) mass is 519 g/mol. The number of likely N-dealkylation sites (tertiary alicyclic amines) is 1. The highest BCUT2D eigenvalue weighted by atomic mass is 16.2. The van der Waals surface area contributed by atoms with Gasteiger partial charge in [-0.2, -0.15) is 10.1 Å². The van der Waals surface area contributed by atoms with Gasteiger partial charge in [0.2, 0.25) is 5.95 Å². The average Bonchev–Trinajstić information content (AvgIpc) is 3.33. The fourth-order valence-corrected chi connectivity index (χ4v) is 7.31. The highest BCUT2D eigenvalue weighted by molar-refractivity contribution is 5.74. The van der Waals surface area contributed by atoms with Crippen molar-refractivity contribution in [3.8, 4) is 0 Å². The van der Waals surface area contributed by atoms with Crippen molar-refractivity contribution >= 4 is 23.6 Å². The molecule has 4 aliphatic carbocycles. The number of nitrogens with one attached hydrogen (secondary N) is 5. The van der Waals surface area contributed by atoms with E-state index in [4.69, 9.17) is 0 Å². The molecule has 38 heavy (non-hydrogen) atoms. The van der Waals surface area contributed by atoms with Crippen molar-refractivity contribution in [1.29, 1.82) is 0 Å². The molecule has 1 saturated heterocycles. The molecule has 0 unspecified atom stereocenters. The number of rotatable bonds is 8. The Morgan fingerprint density at radius 3 is 2.42 bits per heavy atom. The molecule has 7 rings (SSSR count). The van der Waals surface area contributed by atoms with E-state index >= 15 is 0 Å². The molecule has 0 atom stereocenters. The fourth-order valence-electron chi connectivity index (χ4n) is 7.31. The second-order valence-corrected chi connectivity index (χ2v) is 12.6. The number of amides is 2. The lowest BCUT2D eigenvalue weighted by atomic mass is 9.60. The Morgan fingerprint density at radius 2 is 1.66 bits per heavy atom. The zero-order valence-corrected chi connectivity index (χ0v) is 22.2. The summed E-state index contributed by atoms with van der Waals surface area (Å²) < 4.78 is 0. The minimum atomic E-state index is 0.0104. The number of anilines is 3. The lowest BCUT2D eigenvalue weighted by molar-refractivity contribution is -0.0804. The standard InChI is InChI=1S/C28H41N9O/c38-27(32-21-14-28(15-21)16-37(17-28)22-9-10-22)31-20-7-5-19(6-8-20)30-26-29-12-11-24(34-26)33-25-13-23(35-36-25)18-3-1-2-4-18/h11-13,18-22H,1-10,14-17H2,(H2,31,32,38)(H3,29,30,33,34,35,36). The summed E-state index contributed by atoms with van der Waals surface area (Å²) >= 11 is 0. The number of hydrogen-bond acceptors (Lipinski definition) is 7. The van der Waals surface area contributed by atoms with Crippen LogP contribution in [-0.2, 0) is 0 Å². The molecule has 5 aliphatic rings. The SMILES string of the molecule is O=C(NC1CCC(Nc2nccc(Nc3cc(C4CCCC4)[nH]n3)n2)CC1)NC1CC2(C1)CN(C1CC1)C2. The van der Waals surface area contributed by atoms with E-state index in [9.17, 15) is 4.79 Å². The van der Waals surface area contributed by atoms with E-state index in [2.05, 4.69) is 52.4 Å². The summed E-state index contributed by atoms with van der Waals surface area (Å²) in [5.41, 5.74) is 1.72. The lowest BCUT2D eigenvalue weighted by Crippen LogP contribution is -2.67. The van der Waals surface area contributed by atoms with Gasteiger partial charge in [0.25, 0.3) is 0 Å². The molecule has 10 nitrogen and oxygen atoms in total. The van der Waals surface area contributed by atoms with Crippen molar-refractivity contribution in [3.05, 3.63) is 24.0 Å². The van der Waals surface area contributed by atoms with E-state index in [1.165, 1.54) is 57.3 Å². The molecule has 0 aromatic carbocycles. The normalized spacial score (nSPS) is 27.5. The summed E-state index contributed by atoms with van der Waals surface area (Å²) in [4.78, 5) is 24.3. The van der Waals surface area contributed by atoms with Crippen molar-refractivity contribution in [1.82, 2.24) is 35.7 Å². The van der Waals surface area contributed by atoms with E-state index in [1.54, 1.807) is 6.20 Å². The summed E-state index contributed by atoms with van der Waals surface area (Å²) in [7, 11) is 0. The number of urea groups is 1. The zero-order valence-electron chi connectivity index (χ0n) is 22.2. The Labute approximate surface area is 224 Å². The van der Waals surface area contributed by atoms with Gasteiger partial charge in [0, 0.05) is 61.1 Å². The maximum absolute atomic E-state index is 12.6. The first-order valence-electron chi connectivity index (χ1n) is 14.8. The molecule has 1 spiro atoms. The van der Waals surface area contributed by atoms with Crippen LogP contribution in [0.5, 0.6) is 0 Å². The smallest absolute Gasteiger partial charge is 0.315 e. The van der Waals surface area contributed by atoms with E-state index < -0.39 is 0 Å². The molecule has 0 radical (unpaired) electrons. The Morgan fingerprint density at radius 1 is 0.921 bits per heavy atom. The maximum atomic E-state index is 12.6. The van der Waals surface area contributed by atoms with Gasteiger partial charge >= 0.3 is 6.03 Å². The van der Waals surface area contributed by atoms with E-state index in [0.717, 1.165) is 56.2 Å². The third kappa shape index (κ3) is 5.32. The summed E-state index contributed by atoms with van der Waals surface area (Å²) in [5, 5.41) is 20.9.